The number of fused-ring (bicyclic) bond motifs is 3. The van der Waals surface area contributed by atoms with Gasteiger partial charge in [0.15, 0.2) is 6.10 Å². The van der Waals surface area contributed by atoms with Crippen molar-refractivity contribution in [2.75, 3.05) is 38.1 Å². The Bertz CT molecular complexity index is 761. The van der Waals surface area contributed by atoms with Crippen LogP contribution in [0, 0.1) is 5.92 Å². The van der Waals surface area contributed by atoms with Crippen LogP contribution in [0.15, 0.2) is 60.7 Å². The van der Waals surface area contributed by atoms with Crippen LogP contribution >= 0.6 is 0 Å². The van der Waals surface area contributed by atoms with E-state index in [-0.39, 0.29) is 29.2 Å². The van der Waals surface area contributed by atoms with Gasteiger partial charge in [0, 0.05) is 31.0 Å². The van der Waals surface area contributed by atoms with Crippen LogP contribution in [-0.2, 0) is 11.2 Å². The van der Waals surface area contributed by atoms with Crippen molar-refractivity contribution >= 4 is 11.8 Å². The molecule has 3 heterocycles. The predicted molar refractivity (Wildman–Crippen MR) is 108 cm³/mol. The normalized spacial score (nSPS) is 25.6. The number of carbonyl (C=O) groups excluding carboxylic acids is 1. The maximum Gasteiger partial charge on any atom is 0.414 e. The van der Waals surface area contributed by atoms with Gasteiger partial charge in [-0.1, -0.05) is 48.5 Å². The number of quaternary nitrogens is 1. The van der Waals surface area contributed by atoms with Gasteiger partial charge in [-0.3, -0.25) is 4.90 Å². The molecule has 5 rings (SSSR count). The second-order valence-electron chi connectivity index (χ2n) is 8.23. The molecule has 0 spiro atoms. The van der Waals surface area contributed by atoms with E-state index < -0.39 is 0 Å². The fraction of sp³-hybridized carbons (Fsp3) is 0.435. The number of amides is 1. The Kier molecular flexibility index (Phi) is 6.78. The number of nitrogens with zero attached hydrogens (tertiary/aromatic N) is 2. The van der Waals surface area contributed by atoms with Crippen molar-refractivity contribution in [3.8, 4) is 0 Å². The number of rotatable bonds is 5. The van der Waals surface area contributed by atoms with Crippen LogP contribution in [0.25, 0.3) is 0 Å². The largest absolute Gasteiger partial charge is 1.00 e. The summed E-state index contributed by atoms with van der Waals surface area (Å²) in [7, 11) is 2.29. The Hall–Kier alpha value is -1.85. The van der Waals surface area contributed by atoms with Gasteiger partial charge in [0.1, 0.15) is 6.54 Å². The summed E-state index contributed by atoms with van der Waals surface area (Å²) < 4.78 is 7.11. The first kappa shape index (κ1) is 20.9. The lowest BCUT2D eigenvalue weighted by Gasteiger charge is -2.49. The topological polar surface area (TPSA) is 29.5 Å². The van der Waals surface area contributed by atoms with Gasteiger partial charge >= 0.3 is 6.09 Å². The second-order valence-corrected chi connectivity index (χ2v) is 8.23. The number of hydrogen-bond acceptors (Lipinski definition) is 2. The van der Waals surface area contributed by atoms with Crippen molar-refractivity contribution in [1.82, 2.24) is 0 Å². The molecular formula is C23H29BrN2O2. The Labute approximate surface area is 178 Å². The minimum atomic E-state index is -0.206. The standard InChI is InChI=1S/C23H29N2O2.BrH/c1-25-16-13-20(14-17-25)22(18-25)27-23(26)24(21-10-6-3-7-11-21)15-12-19-8-4-2-5-9-19;/h2-11,20,22H,12-18H2,1H3;1H/q+1;/p-1/t20?,22-,25?;/m0./s1. The summed E-state index contributed by atoms with van der Waals surface area (Å²) in [6.45, 7) is 4.01. The molecule has 4 nitrogen and oxygen atoms in total. The van der Waals surface area contributed by atoms with Crippen molar-refractivity contribution in [2.45, 2.75) is 25.4 Å². The third-order valence-electron chi connectivity index (χ3n) is 6.23. The van der Waals surface area contributed by atoms with Crippen molar-refractivity contribution in [3.63, 3.8) is 0 Å². The van der Waals surface area contributed by atoms with Gasteiger partial charge < -0.3 is 26.2 Å². The lowest BCUT2D eigenvalue weighted by atomic mass is 9.84. The van der Waals surface area contributed by atoms with E-state index in [0.29, 0.717) is 12.5 Å². The van der Waals surface area contributed by atoms with E-state index in [9.17, 15) is 4.79 Å². The molecule has 0 aromatic heterocycles. The molecule has 3 aliphatic rings. The number of piperidine rings is 3. The predicted octanol–water partition coefficient (Wildman–Crippen LogP) is 1.12. The van der Waals surface area contributed by atoms with Crippen molar-refractivity contribution in [3.05, 3.63) is 66.2 Å². The molecule has 0 radical (unpaired) electrons. The lowest BCUT2D eigenvalue weighted by molar-refractivity contribution is -0.928. The molecule has 0 aliphatic carbocycles. The summed E-state index contributed by atoms with van der Waals surface area (Å²) in [5.74, 6) is 0.528. The Morgan fingerprint density at radius 2 is 1.64 bits per heavy atom. The van der Waals surface area contributed by atoms with E-state index in [1.54, 1.807) is 4.90 Å². The highest BCUT2D eigenvalue weighted by Gasteiger charge is 2.45. The zero-order valence-electron chi connectivity index (χ0n) is 16.5. The molecule has 3 fully saturated rings. The molecule has 0 N–H and O–H groups in total. The molecule has 5 heteroatoms. The van der Waals surface area contributed by atoms with Gasteiger partial charge in [-0.05, 0) is 24.1 Å². The molecule has 2 aromatic carbocycles. The SMILES string of the molecule is C[N+]12CCC(CC1)[C@@H](OC(=O)N(CCc1ccccc1)c1ccccc1)C2.[Br-]. The van der Waals surface area contributed by atoms with Crippen LogP contribution in [0.2, 0.25) is 0 Å². The van der Waals surface area contributed by atoms with Crippen molar-refractivity contribution in [1.29, 1.82) is 0 Å². The molecule has 0 unspecified atom stereocenters. The van der Waals surface area contributed by atoms with E-state index in [2.05, 4.69) is 19.2 Å². The summed E-state index contributed by atoms with van der Waals surface area (Å²) in [6, 6.07) is 20.2. The van der Waals surface area contributed by atoms with Crippen LogP contribution < -0.4 is 21.9 Å². The number of likely N-dealkylation sites (N-methyl/N-ethyl adjacent to an activating group) is 1. The maximum atomic E-state index is 13.1. The molecular weight excluding hydrogens is 416 g/mol. The quantitative estimate of drug-likeness (QED) is 0.646. The molecule has 3 aliphatic heterocycles. The first-order chi connectivity index (χ1) is 13.1. The molecule has 2 aromatic rings. The molecule has 0 saturated carbocycles. The van der Waals surface area contributed by atoms with E-state index in [0.717, 1.165) is 23.1 Å². The van der Waals surface area contributed by atoms with Gasteiger partial charge in [-0.15, -0.1) is 0 Å². The highest BCUT2D eigenvalue weighted by molar-refractivity contribution is 5.87. The van der Waals surface area contributed by atoms with Gasteiger partial charge in [0.25, 0.3) is 0 Å². The summed E-state index contributed by atoms with van der Waals surface area (Å²) in [5, 5.41) is 0. The highest BCUT2D eigenvalue weighted by atomic mass is 79.9. The lowest BCUT2D eigenvalue weighted by Crippen LogP contribution is -3.00. The summed E-state index contributed by atoms with van der Waals surface area (Å²) in [5.41, 5.74) is 2.13. The number of benzene rings is 2. The van der Waals surface area contributed by atoms with E-state index in [1.165, 1.54) is 31.5 Å². The van der Waals surface area contributed by atoms with Crippen LogP contribution in [0.4, 0.5) is 10.5 Å². The van der Waals surface area contributed by atoms with Gasteiger partial charge in [0.2, 0.25) is 0 Å². The Morgan fingerprint density at radius 1 is 1.04 bits per heavy atom. The number of hydrogen-bond donors (Lipinski definition) is 0. The van der Waals surface area contributed by atoms with E-state index in [1.807, 2.05) is 48.5 Å². The van der Waals surface area contributed by atoms with Crippen molar-refractivity contribution in [2.24, 2.45) is 5.92 Å². The number of para-hydroxylation sites is 1. The average Bonchev–Trinajstić information content (AvgIpc) is 2.70. The summed E-state index contributed by atoms with van der Waals surface area (Å²) in [4.78, 5) is 14.9. The maximum absolute atomic E-state index is 13.1. The second kappa shape index (κ2) is 9.10. The van der Waals surface area contributed by atoms with E-state index in [4.69, 9.17) is 4.74 Å². The zero-order chi connectivity index (χ0) is 18.7. The molecule has 28 heavy (non-hydrogen) atoms. The molecule has 2 bridgehead atoms. The fourth-order valence-electron chi connectivity index (χ4n) is 4.49. The van der Waals surface area contributed by atoms with Gasteiger partial charge in [-0.2, -0.15) is 0 Å². The molecule has 150 valence electrons. The first-order valence-electron chi connectivity index (χ1n) is 10.0. The average molecular weight is 445 g/mol. The van der Waals surface area contributed by atoms with Crippen molar-refractivity contribution < 1.29 is 31.0 Å². The Balaban J connectivity index is 0.00000225. The van der Waals surface area contributed by atoms with E-state index >= 15 is 0 Å². The number of anilines is 1. The molecule has 1 amide bonds. The minimum Gasteiger partial charge on any atom is -1.00 e. The van der Waals surface area contributed by atoms with Crippen LogP contribution in [-0.4, -0.2) is 49.9 Å². The minimum absolute atomic E-state index is 0. The molecule has 1 atom stereocenters. The zero-order valence-corrected chi connectivity index (χ0v) is 18.1. The number of ether oxygens (including phenoxy) is 1. The van der Waals surface area contributed by atoms with Crippen LogP contribution in [0.5, 0.6) is 0 Å². The fourth-order valence-corrected chi connectivity index (χ4v) is 4.49. The first-order valence-corrected chi connectivity index (χ1v) is 10.0. The van der Waals surface area contributed by atoms with Crippen LogP contribution in [0.3, 0.4) is 0 Å². The smallest absolute Gasteiger partial charge is 0.414 e. The summed E-state index contributed by atoms with van der Waals surface area (Å²) >= 11 is 0. The third kappa shape index (κ3) is 4.76. The highest BCUT2D eigenvalue weighted by Crippen LogP contribution is 2.34. The molecule has 3 saturated heterocycles. The van der Waals surface area contributed by atoms with Crippen LogP contribution in [0.1, 0.15) is 18.4 Å². The number of carbonyl (C=O) groups is 1. The Morgan fingerprint density at radius 3 is 2.25 bits per heavy atom. The number of halogens is 1. The monoisotopic (exact) mass is 444 g/mol. The van der Waals surface area contributed by atoms with Gasteiger partial charge in [-0.25, -0.2) is 4.79 Å². The summed E-state index contributed by atoms with van der Waals surface area (Å²) in [6.07, 6.45) is 3.00. The van der Waals surface area contributed by atoms with Gasteiger partial charge in [0.05, 0.1) is 20.1 Å². The third-order valence-corrected chi connectivity index (χ3v) is 6.23.